The molecule has 0 aromatic rings. The third-order valence-corrected chi connectivity index (χ3v) is 0.940. The van der Waals surface area contributed by atoms with Crippen molar-refractivity contribution in [3.05, 3.63) is 0 Å². The average molecular weight is 221 g/mol. The van der Waals surface area contributed by atoms with Crippen LogP contribution < -0.4 is 5.73 Å². The summed E-state index contributed by atoms with van der Waals surface area (Å²) < 4.78 is 9.93. The summed E-state index contributed by atoms with van der Waals surface area (Å²) in [7, 11) is 0. The molecule has 0 rings (SSSR count). The topological polar surface area (TPSA) is 61.5 Å². The Morgan fingerprint density at radius 1 is 1.00 bits per heavy atom. The molecule has 0 aliphatic rings. The second-order valence-electron chi connectivity index (χ2n) is 2.16. The lowest BCUT2D eigenvalue weighted by Gasteiger charge is -2.01. The van der Waals surface area contributed by atoms with Gasteiger partial charge in [-0.05, 0) is 6.92 Å². The van der Waals surface area contributed by atoms with E-state index in [1.165, 1.54) is 6.92 Å². The number of carbonyl (C=O) groups excluding carboxylic acids is 1. The van der Waals surface area contributed by atoms with Crippen LogP contribution in [0.2, 0.25) is 0 Å². The van der Waals surface area contributed by atoms with Gasteiger partial charge in [0.25, 0.3) is 0 Å². The van der Waals surface area contributed by atoms with Gasteiger partial charge < -0.3 is 15.2 Å². The van der Waals surface area contributed by atoms with Gasteiger partial charge in [0.1, 0.15) is 6.61 Å². The highest BCUT2D eigenvalue weighted by molar-refractivity contribution is 5.76. The normalized spacial score (nSPS) is 8.13. The van der Waals surface area contributed by atoms with Crippen LogP contribution in [0.15, 0.2) is 0 Å². The van der Waals surface area contributed by atoms with Gasteiger partial charge in [0.15, 0.2) is 5.78 Å². The van der Waals surface area contributed by atoms with Crippen molar-refractivity contribution in [3.63, 3.8) is 0 Å². The summed E-state index contributed by atoms with van der Waals surface area (Å²) in [5.74, 6) is 0.0313. The number of hydrogen-bond donors (Lipinski definition) is 1. The number of carbonyl (C=O) groups is 1. The van der Waals surface area contributed by atoms with Crippen LogP contribution in [0, 0.1) is 0 Å². The largest absolute Gasteiger partial charge is 0.378 e. The van der Waals surface area contributed by atoms with Gasteiger partial charge in [-0.1, -0.05) is 27.7 Å². The molecule has 0 saturated carbocycles. The van der Waals surface area contributed by atoms with Crippen LogP contribution in [0.1, 0.15) is 34.6 Å². The van der Waals surface area contributed by atoms with Gasteiger partial charge in [0.2, 0.25) is 0 Å². The number of rotatable bonds is 7. The first-order chi connectivity index (χ1) is 7.27. The van der Waals surface area contributed by atoms with Crippen molar-refractivity contribution in [2.75, 3.05) is 33.0 Å². The molecule has 0 radical (unpaired) electrons. The summed E-state index contributed by atoms with van der Waals surface area (Å²) in [6.45, 7) is 11.7. The van der Waals surface area contributed by atoms with Gasteiger partial charge in [0, 0.05) is 6.54 Å². The zero-order valence-electron chi connectivity index (χ0n) is 10.8. The molecule has 0 unspecified atom stereocenters. The molecule has 0 aromatic carbocycles. The van der Waals surface area contributed by atoms with E-state index < -0.39 is 0 Å². The highest BCUT2D eigenvalue weighted by Gasteiger charge is 1.92. The van der Waals surface area contributed by atoms with Gasteiger partial charge in [-0.25, -0.2) is 0 Å². The maximum absolute atomic E-state index is 10.3. The fourth-order valence-corrected chi connectivity index (χ4v) is 0.519. The Kier molecular flexibility index (Phi) is 31.2. The SMILES string of the molecule is CC.CC.CC(=O)COCCOCCN. The van der Waals surface area contributed by atoms with E-state index in [1.54, 1.807) is 0 Å². The maximum Gasteiger partial charge on any atom is 0.155 e. The minimum absolute atomic E-state index is 0.0313. The Hall–Kier alpha value is -0.450. The van der Waals surface area contributed by atoms with Crippen molar-refractivity contribution in [2.24, 2.45) is 5.73 Å². The smallest absolute Gasteiger partial charge is 0.155 e. The molecule has 2 N–H and O–H groups in total. The summed E-state index contributed by atoms with van der Waals surface area (Å²) in [5.41, 5.74) is 5.17. The van der Waals surface area contributed by atoms with Gasteiger partial charge in [0.05, 0.1) is 19.8 Å². The lowest BCUT2D eigenvalue weighted by Crippen LogP contribution is -2.13. The molecule has 94 valence electrons. The lowest BCUT2D eigenvalue weighted by atomic mass is 10.5. The van der Waals surface area contributed by atoms with Crippen LogP contribution in [0.25, 0.3) is 0 Å². The Bertz CT molecular complexity index is 108. The van der Waals surface area contributed by atoms with Crippen LogP contribution in [-0.2, 0) is 14.3 Å². The molecule has 0 aliphatic carbocycles. The second kappa shape index (κ2) is 23.4. The molecular formula is C11H27NO3. The second-order valence-corrected chi connectivity index (χ2v) is 2.16. The molecule has 0 atom stereocenters. The van der Waals surface area contributed by atoms with Crippen molar-refractivity contribution < 1.29 is 14.3 Å². The van der Waals surface area contributed by atoms with Gasteiger partial charge in [-0.3, -0.25) is 4.79 Å². The first-order valence-corrected chi connectivity index (χ1v) is 5.62. The van der Waals surface area contributed by atoms with Crippen molar-refractivity contribution in [3.8, 4) is 0 Å². The van der Waals surface area contributed by atoms with Crippen LogP contribution in [-0.4, -0.2) is 38.8 Å². The van der Waals surface area contributed by atoms with E-state index in [0.717, 1.165) is 0 Å². The average Bonchev–Trinajstić information content (AvgIpc) is 2.28. The molecule has 0 spiro atoms. The quantitative estimate of drug-likeness (QED) is 0.664. The molecule has 15 heavy (non-hydrogen) atoms. The monoisotopic (exact) mass is 221 g/mol. The first-order valence-electron chi connectivity index (χ1n) is 5.62. The Balaban J connectivity index is -0.000000318. The summed E-state index contributed by atoms with van der Waals surface area (Å²) in [6, 6.07) is 0. The minimum Gasteiger partial charge on any atom is -0.378 e. The zero-order valence-corrected chi connectivity index (χ0v) is 10.8. The first kappa shape index (κ1) is 20.0. The number of Topliss-reactive ketones (excluding diaryl/α,β-unsaturated/α-hetero) is 1. The van der Waals surface area contributed by atoms with Crippen molar-refractivity contribution in [1.82, 2.24) is 0 Å². The van der Waals surface area contributed by atoms with Crippen LogP contribution >= 0.6 is 0 Å². The molecule has 4 heteroatoms. The summed E-state index contributed by atoms with van der Waals surface area (Å²) in [4.78, 5) is 10.3. The number of ether oxygens (including phenoxy) is 2. The molecule has 0 heterocycles. The van der Waals surface area contributed by atoms with Gasteiger partial charge >= 0.3 is 0 Å². The predicted octanol–water partition coefficient (Wildman–Crippen LogP) is 1.62. The van der Waals surface area contributed by atoms with E-state index in [9.17, 15) is 4.79 Å². The fourth-order valence-electron chi connectivity index (χ4n) is 0.519. The molecule has 0 bridgehead atoms. The highest BCUT2D eigenvalue weighted by atomic mass is 16.5. The number of nitrogens with two attached hydrogens (primary N) is 1. The Labute approximate surface area is 94.1 Å². The lowest BCUT2D eigenvalue weighted by molar-refractivity contribution is -0.121. The maximum atomic E-state index is 10.3. The van der Waals surface area contributed by atoms with E-state index in [2.05, 4.69) is 0 Å². The molecule has 0 saturated heterocycles. The van der Waals surface area contributed by atoms with Crippen molar-refractivity contribution in [1.29, 1.82) is 0 Å². The van der Waals surface area contributed by atoms with E-state index >= 15 is 0 Å². The standard InChI is InChI=1S/C7H15NO3.2C2H6/c1-7(9)6-11-5-4-10-3-2-8;2*1-2/h2-6,8H2,1H3;2*1-2H3. The van der Waals surface area contributed by atoms with Crippen molar-refractivity contribution >= 4 is 5.78 Å². The van der Waals surface area contributed by atoms with E-state index in [-0.39, 0.29) is 12.4 Å². The predicted molar refractivity (Wildman–Crippen MR) is 64.1 cm³/mol. The highest BCUT2D eigenvalue weighted by Crippen LogP contribution is 1.78. The number of ketones is 1. The van der Waals surface area contributed by atoms with Crippen molar-refractivity contribution in [2.45, 2.75) is 34.6 Å². The summed E-state index contributed by atoms with van der Waals surface area (Å²) in [6.07, 6.45) is 0. The Morgan fingerprint density at radius 2 is 1.47 bits per heavy atom. The molecule has 0 aromatic heterocycles. The summed E-state index contributed by atoms with van der Waals surface area (Å²) >= 11 is 0. The van der Waals surface area contributed by atoms with E-state index in [4.69, 9.17) is 15.2 Å². The van der Waals surface area contributed by atoms with Crippen LogP contribution in [0.4, 0.5) is 0 Å². The molecule has 0 fully saturated rings. The molecule has 0 aliphatic heterocycles. The van der Waals surface area contributed by atoms with Gasteiger partial charge in [-0.15, -0.1) is 0 Å². The van der Waals surface area contributed by atoms with Crippen LogP contribution in [0.3, 0.4) is 0 Å². The van der Waals surface area contributed by atoms with Gasteiger partial charge in [-0.2, -0.15) is 0 Å². The number of hydrogen-bond acceptors (Lipinski definition) is 4. The fraction of sp³-hybridized carbons (Fsp3) is 0.909. The zero-order chi connectivity index (χ0) is 12.5. The Morgan fingerprint density at radius 3 is 1.87 bits per heavy atom. The third-order valence-electron chi connectivity index (χ3n) is 0.940. The molecule has 0 amide bonds. The summed E-state index contributed by atoms with van der Waals surface area (Å²) in [5, 5.41) is 0. The van der Waals surface area contributed by atoms with Crippen LogP contribution in [0.5, 0.6) is 0 Å². The molecule has 4 nitrogen and oxygen atoms in total. The minimum atomic E-state index is 0.0313. The third kappa shape index (κ3) is 31.7. The molecular weight excluding hydrogens is 194 g/mol. The van der Waals surface area contributed by atoms with E-state index in [1.807, 2.05) is 27.7 Å². The van der Waals surface area contributed by atoms with E-state index in [0.29, 0.717) is 26.4 Å².